The SMILES string of the molecule is O=C(c1ccccc1)c1cnn(CCCN2CCN(c3ccccc3)CC2)n1. The van der Waals surface area contributed by atoms with Gasteiger partial charge in [0.1, 0.15) is 0 Å². The number of benzene rings is 2. The van der Waals surface area contributed by atoms with Gasteiger partial charge in [-0.2, -0.15) is 9.90 Å². The minimum Gasteiger partial charge on any atom is -0.369 e. The highest BCUT2D eigenvalue weighted by atomic mass is 16.1. The average molecular weight is 375 g/mol. The lowest BCUT2D eigenvalue weighted by atomic mass is 10.1. The molecule has 144 valence electrons. The van der Waals surface area contributed by atoms with Gasteiger partial charge in [0.15, 0.2) is 5.69 Å². The molecule has 2 heterocycles. The van der Waals surface area contributed by atoms with E-state index in [9.17, 15) is 4.79 Å². The summed E-state index contributed by atoms with van der Waals surface area (Å²) in [5, 5.41) is 8.61. The number of carbonyl (C=O) groups excluding carboxylic acids is 1. The third kappa shape index (κ3) is 4.46. The highest BCUT2D eigenvalue weighted by Crippen LogP contribution is 2.15. The largest absolute Gasteiger partial charge is 0.369 e. The number of nitrogens with zero attached hydrogens (tertiary/aromatic N) is 5. The fourth-order valence-corrected chi connectivity index (χ4v) is 3.55. The summed E-state index contributed by atoms with van der Waals surface area (Å²) in [6, 6.07) is 19.8. The Bertz CT molecular complexity index is 886. The van der Waals surface area contributed by atoms with Crippen molar-refractivity contribution in [1.29, 1.82) is 0 Å². The molecule has 0 saturated carbocycles. The van der Waals surface area contributed by atoms with Crippen LogP contribution < -0.4 is 4.90 Å². The van der Waals surface area contributed by atoms with E-state index in [1.807, 2.05) is 18.2 Å². The number of aryl methyl sites for hydroxylation is 1. The molecule has 28 heavy (non-hydrogen) atoms. The van der Waals surface area contributed by atoms with E-state index in [1.165, 1.54) is 5.69 Å². The molecule has 4 rings (SSSR count). The molecule has 1 fully saturated rings. The molecule has 6 nitrogen and oxygen atoms in total. The molecule has 0 aliphatic carbocycles. The Morgan fingerprint density at radius 1 is 0.857 bits per heavy atom. The molecule has 0 bridgehead atoms. The van der Waals surface area contributed by atoms with Crippen molar-refractivity contribution in [3.63, 3.8) is 0 Å². The zero-order valence-corrected chi connectivity index (χ0v) is 15.9. The molecular formula is C22H25N5O. The Kier molecular flexibility index (Phi) is 5.77. The number of hydrogen-bond acceptors (Lipinski definition) is 5. The molecule has 1 saturated heterocycles. The van der Waals surface area contributed by atoms with Crippen molar-refractivity contribution in [2.75, 3.05) is 37.6 Å². The summed E-state index contributed by atoms with van der Waals surface area (Å²) in [5.41, 5.74) is 2.35. The second kappa shape index (κ2) is 8.80. The molecule has 6 heteroatoms. The van der Waals surface area contributed by atoms with Crippen LogP contribution in [0.25, 0.3) is 0 Å². The predicted molar refractivity (Wildman–Crippen MR) is 110 cm³/mol. The normalized spacial score (nSPS) is 14.9. The molecule has 0 unspecified atom stereocenters. The van der Waals surface area contributed by atoms with E-state index in [1.54, 1.807) is 23.1 Å². The highest BCUT2D eigenvalue weighted by Gasteiger charge is 2.17. The van der Waals surface area contributed by atoms with Gasteiger partial charge in [-0.1, -0.05) is 48.5 Å². The Hall–Kier alpha value is -2.99. The van der Waals surface area contributed by atoms with Crippen LogP contribution in [-0.2, 0) is 6.54 Å². The van der Waals surface area contributed by atoms with Crippen LogP contribution in [0.1, 0.15) is 22.5 Å². The molecule has 0 radical (unpaired) electrons. The molecule has 1 aromatic heterocycles. The van der Waals surface area contributed by atoms with Gasteiger partial charge in [-0.05, 0) is 18.6 Å². The van der Waals surface area contributed by atoms with Crippen LogP contribution in [0, 0.1) is 0 Å². The second-order valence-electron chi connectivity index (χ2n) is 7.04. The fourth-order valence-electron chi connectivity index (χ4n) is 3.55. The number of anilines is 1. The van der Waals surface area contributed by atoms with Gasteiger partial charge in [-0.25, -0.2) is 0 Å². The van der Waals surface area contributed by atoms with Gasteiger partial charge in [-0.3, -0.25) is 9.69 Å². The van der Waals surface area contributed by atoms with Crippen molar-refractivity contribution >= 4 is 11.5 Å². The summed E-state index contributed by atoms with van der Waals surface area (Å²) in [5.74, 6) is -0.0797. The van der Waals surface area contributed by atoms with Crippen molar-refractivity contribution in [3.05, 3.63) is 78.1 Å². The van der Waals surface area contributed by atoms with E-state index in [2.05, 4.69) is 50.3 Å². The van der Waals surface area contributed by atoms with Crippen LogP contribution in [-0.4, -0.2) is 58.4 Å². The van der Waals surface area contributed by atoms with E-state index in [0.717, 1.165) is 45.7 Å². The molecule has 1 aliphatic rings. The van der Waals surface area contributed by atoms with Crippen LogP contribution >= 0.6 is 0 Å². The van der Waals surface area contributed by atoms with E-state index in [-0.39, 0.29) is 5.78 Å². The van der Waals surface area contributed by atoms with Crippen LogP contribution in [0.5, 0.6) is 0 Å². The third-order valence-electron chi connectivity index (χ3n) is 5.13. The Labute approximate surface area is 165 Å². The Balaban J connectivity index is 1.22. The lowest BCUT2D eigenvalue weighted by Gasteiger charge is -2.36. The highest BCUT2D eigenvalue weighted by molar-refractivity contribution is 6.07. The lowest BCUT2D eigenvalue weighted by Crippen LogP contribution is -2.46. The van der Waals surface area contributed by atoms with Crippen molar-refractivity contribution in [2.45, 2.75) is 13.0 Å². The summed E-state index contributed by atoms with van der Waals surface area (Å²) in [4.78, 5) is 19.0. The van der Waals surface area contributed by atoms with Gasteiger partial charge in [0.2, 0.25) is 5.78 Å². The van der Waals surface area contributed by atoms with Crippen LogP contribution in [0.2, 0.25) is 0 Å². The van der Waals surface area contributed by atoms with Crippen LogP contribution in [0.3, 0.4) is 0 Å². The lowest BCUT2D eigenvalue weighted by molar-refractivity contribution is 0.103. The van der Waals surface area contributed by atoms with Gasteiger partial charge in [0.25, 0.3) is 0 Å². The zero-order chi connectivity index (χ0) is 19.2. The molecule has 0 amide bonds. The van der Waals surface area contributed by atoms with E-state index in [0.29, 0.717) is 11.3 Å². The fraction of sp³-hybridized carbons (Fsp3) is 0.318. The maximum absolute atomic E-state index is 12.4. The summed E-state index contributed by atoms with van der Waals surface area (Å²) in [7, 11) is 0. The first-order valence-electron chi connectivity index (χ1n) is 9.82. The average Bonchev–Trinajstić information content (AvgIpc) is 3.24. The van der Waals surface area contributed by atoms with Gasteiger partial charge >= 0.3 is 0 Å². The van der Waals surface area contributed by atoms with Crippen LogP contribution in [0.4, 0.5) is 5.69 Å². The first-order chi connectivity index (χ1) is 13.8. The number of rotatable bonds is 7. The molecule has 0 spiro atoms. The van der Waals surface area contributed by atoms with Crippen molar-refractivity contribution in [1.82, 2.24) is 19.9 Å². The molecule has 0 atom stereocenters. The third-order valence-corrected chi connectivity index (χ3v) is 5.13. The predicted octanol–water partition coefficient (Wildman–Crippen LogP) is 2.72. The van der Waals surface area contributed by atoms with Crippen LogP contribution in [0.15, 0.2) is 66.9 Å². The molecule has 1 aliphatic heterocycles. The number of carbonyl (C=O) groups is 1. The first-order valence-corrected chi connectivity index (χ1v) is 9.82. The maximum Gasteiger partial charge on any atom is 0.214 e. The summed E-state index contributed by atoms with van der Waals surface area (Å²) in [6.07, 6.45) is 2.53. The Morgan fingerprint density at radius 3 is 2.25 bits per heavy atom. The van der Waals surface area contributed by atoms with Gasteiger partial charge in [0.05, 0.1) is 12.7 Å². The number of aromatic nitrogens is 3. The second-order valence-corrected chi connectivity index (χ2v) is 7.04. The molecule has 0 N–H and O–H groups in total. The standard InChI is InChI=1S/C22H25N5O/c28-22(19-8-3-1-4-9-19)21-18-23-27(24-21)13-7-12-25-14-16-26(17-15-25)20-10-5-2-6-11-20/h1-6,8-11,18H,7,12-17H2. The van der Waals surface area contributed by atoms with E-state index < -0.39 is 0 Å². The first kappa shape index (κ1) is 18.4. The number of hydrogen-bond donors (Lipinski definition) is 0. The van der Waals surface area contributed by atoms with E-state index >= 15 is 0 Å². The summed E-state index contributed by atoms with van der Waals surface area (Å²) in [6.45, 7) is 5.99. The maximum atomic E-state index is 12.4. The van der Waals surface area contributed by atoms with E-state index in [4.69, 9.17) is 0 Å². The minimum absolute atomic E-state index is 0.0797. The summed E-state index contributed by atoms with van der Waals surface area (Å²) < 4.78 is 0. The van der Waals surface area contributed by atoms with Crippen molar-refractivity contribution in [3.8, 4) is 0 Å². The molecule has 2 aromatic carbocycles. The topological polar surface area (TPSA) is 54.3 Å². The van der Waals surface area contributed by atoms with Crippen molar-refractivity contribution in [2.24, 2.45) is 0 Å². The number of piperazine rings is 1. The van der Waals surface area contributed by atoms with Gasteiger partial charge < -0.3 is 4.90 Å². The zero-order valence-electron chi connectivity index (χ0n) is 15.9. The molecular weight excluding hydrogens is 350 g/mol. The van der Waals surface area contributed by atoms with Gasteiger partial charge in [-0.15, -0.1) is 5.10 Å². The summed E-state index contributed by atoms with van der Waals surface area (Å²) >= 11 is 0. The quantitative estimate of drug-likeness (QED) is 0.595. The minimum atomic E-state index is -0.0797. The monoisotopic (exact) mass is 375 g/mol. The number of para-hydroxylation sites is 1. The Morgan fingerprint density at radius 2 is 1.54 bits per heavy atom. The number of ketones is 1. The molecule has 3 aromatic rings. The van der Waals surface area contributed by atoms with Gasteiger partial charge in [0, 0.05) is 44.0 Å². The van der Waals surface area contributed by atoms with Crippen molar-refractivity contribution < 1.29 is 4.79 Å². The smallest absolute Gasteiger partial charge is 0.214 e.